The van der Waals surface area contributed by atoms with Crippen LogP contribution in [0, 0.1) is 6.92 Å². The van der Waals surface area contributed by atoms with Gasteiger partial charge in [0, 0.05) is 34.7 Å². The summed E-state index contributed by atoms with van der Waals surface area (Å²) in [6.45, 7) is 6.36. The monoisotopic (exact) mass is 608 g/mol. The van der Waals surface area contributed by atoms with E-state index in [0.717, 1.165) is 91.8 Å². The lowest BCUT2D eigenvalue weighted by molar-refractivity contribution is 0.397. The minimum absolute atomic E-state index is 0.722. The standard InChI is InChI=1S/C39H36N4O3/c1-6-31-38(39-35(44-4)16-11-17-36(39)45-5)32(7-2)43(41-31)26-12-10-13-27(23-26)46-28-18-19-30-29-14-8-9-15-33(29)42(34(30)24-28)37-22-25(3)20-21-40-37/h8-24H,6-7H2,1-5H3. The maximum absolute atomic E-state index is 6.54. The van der Waals surface area contributed by atoms with Gasteiger partial charge in [0.25, 0.3) is 0 Å². The predicted octanol–water partition coefficient (Wildman–Crippen LogP) is 9.27. The summed E-state index contributed by atoms with van der Waals surface area (Å²) in [5, 5.41) is 7.43. The highest BCUT2D eigenvalue weighted by Crippen LogP contribution is 2.43. The van der Waals surface area contributed by atoms with Gasteiger partial charge in [-0.15, -0.1) is 0 Å². The molecule has 7 rings (SSSR count). The molecule has 0 amide bonds. The van der Waals surface area contributed by atoms with E-state index in [2.05, 4.69) is 73.9 Å². The molecule has 7 nitrogen and oxygen atoms in total. The van der Waals surface area contributed by atoms with Crippen LogP contribution in [0.5, 0.6) is 23.0 Å². The molecule has 46 heavy (non-hydrogen) atoms. The molecule has 4 aromatic carbocycles. The topological polar surface area (TPSA) is 63.3 Å². The minimum Gasteiger partial charge on any atom is -0.496 e. The average molecular weight is 609 g/mol. The SMILES string of the molecule is CCc1nn(-c2cccc(Oc3ccc4c5ccccc5n(-c5cc(C)ccn5)c4c3)c2)c(CC)c1-c1c(OC)cccc1OC. The molecular weight excluding hydrogens is 572 g/mol. The number of ether oxygens (including phenoxy) is 3. The van der Waals surface area contributed by atoms with Gasteiger partial charge < -0.3 is 14.2 Å². The van der Waals surface area contributed by atoms with Gasteiger partial charge in [-0.25, -0.2) is 9.67 Å². The summed E-state index contributed by atoms with van der Waals surface area (Å²) in [7, 11) is 3.38. The number of pyridine rings is 1. The first-order valence-electron chi connectivity index (χ1n) is 15.6. The number of aromatic nitrogens is 4. The fraction of sp³-hybridized carbons (Fsp3) is 0.179. The van der Waals surface area contributed by atoms with Crippen LogP contribution < -0.4 is 14.2 Å². The molecular formula is C39H36N4O3. The third kappa shape index (κ3) is 4.94. The molecule has 0 saturated heterocycles. The van der Waals surface area contributed by atoms with E-state index in [4.69, 9.17) is 24.3 Å². The molecule has 0 fully saturated rings. The quantitative estimate of drug-likeness (QED) is 0.163. The lowest BCUT2D eigenvalue weighted by atomic mass is 9.98. The summed E-state index contributed by atoms with van der Waals surface area (Å²) in [4.78, 5) is 4.71. The summed E-state index contributed by atoms with van der Waals surface area (Å²) in [6.07, 6.45) is 3.38. The third-order valence-electron chi connectivity index (χ3n) is 8.47. The molecule has 0 unspecified atom stereocenters. The predicted molar refractivity (Wildman–Crippen MR) is 184 cm³/mol. The largest absolute Gasteiger partial charge is 0.496 e. The van der Waals surface area contributed by atoms with Crippen LogP contribution in [0.15, 0.2) is 103 Å². The van der Waals surface area contributed by atoms with Gasteiger partial charge in [0.15, 0.2) is 0 Å². The Hall–Kier alpha value is -5.56. The number of para-hydroxylation sites is 1. The summed E-state index contributed by atoms with van der Waals surface area (Å²) in [5.41, 5.74) is 8.25. The summed E-state index contributed by atoms with van der Waals surface area (Å²) >= 11 is 0. The number of fused-ring (bicyclic) bond motifs is 3. The second kappa shape index (κ2) is 12.1. The van der Waals surface area contributed by atoms with E-state index in [9.17, 15) is 0 Å². The van der Waals surface area contributed by atoms with Gasteiger partial charge in [-0.3, -0.25) is 4.57 Å². The number of hydrogen-bond acceptors (Lipinski definition) is 5. The van der Waals surface area contributed by atoms with Crippen LogP contribution in [-0.2, 0) is 12.8 Å². The third-order valence-corrected chi connectivity index (χ3v) is 8.47. The van der Waals surface area contributed by atoms with Crippen molar-refractivity contribution in [3.8, 4) is 45.6 Å². The first kappa shape index (κ1) is 29.2. The number of hydrogen-bond donors (Lipinski definition) is 0. The zero-order valence-corrected chi connectivity index (χ0v) is 26.7. The Balaban J connectivity index is 1.31. The Morgan fingerprint density at radius 2 is 1.41 bits per heavy atom. The van der Waals surface area contributed by atoms with Gasteiger partial charge in [0.1, 0.15) is 28.8 Å². The second-order valence-electron chi connectivity index (χ2n) is 11.2. The van der Waals surface area contributed by atoms with E-state index in [1.54, 1.807) is 14.2 Å². The van der Waals surface area contributed by atoms with Crippen molar-refractivity contribution < 1.29 is 14.2 Å². The molecule has 3 aromatic heterocycles. The lowest BCUT2D eigenvalue weighted by Gasteiger charge is -2.15. The average Bonchev–Trinajstić information content (AvgIpc) is 3.63. The van der Waals surface area contributed by atoms with Gasteiger partial charge >= 0.3 is 0 Å². The molecule has 0 atom stereocenters. The highest BCUT2D eigenvalue weighted by molar-refractivity contribution is 6.09. The first-order chi connectivity index (χ1) is 22.5. The number of aryl methyl sites for hydroxylation is 2. The van der Waals surface area contributed by atoms with Crippen molar-refractivity contribution in [3.05, 3.63) is 120 Å². The molecule has 7 heteroatoms. The van der Waals surface area contributed by atoms with Crippen LogP contribution in [0.2, 0.25) is 0 Å². The van der Waals surface area contributed by atoms with Crippen molar-refractivity contribution in [2.45, 2.75) is 33.6 Å². The fourth-order valence-corrected chi connectivity index (χ4v) is 6.40. The van der Waals surface area contributed by atoms with Crippen LogP contribution in [0.4, 0.5) is 0 Å². The molecule has 230 valence electrons. The first-order valence-corrected chi connectivity index (χ1v) is 15.6. The van der Waals surface area contributed by atoms with Gasteiger partial charge in [-0.2, -0.15) is 5.10 Å². The number of methoxy groups -OCH3 is 2. The fourth-order valence-electron chi connectivity index (χ4n) is 6.40. The van der Waals surface area contributed by atoms with E-state index in [1.165, 1.54) is 5.39 Å². The van der Waals surface area contributed by atoms with E-state index < -0.39 is 0 Å². The van der Waals surface area contributed by atoms with Crippen LogP contribution in [0.1, 0.15) is 30.8 Å². The number of nitrogens with zero attached hydrogens (tertiary/aromatic N) is 4. The van der Waals surface area contributed by atoms with E-state index in [0.29, 0.717) is 0 Å². The maximum Gasteiger partial charge on any atom is 0.137 e. The molecule has 0 aliphatic heterocycles. The van der Waals surface area contributed by atoms with E-state index >= 15 is 0 Å². The van der Waals surface area contributed by atoms with Crippen molar-refractivity contribution in [1.29, 1.82) is 0 Å². The molecule has 0 bridgehead atoms. The molecule has 0 aliphatic carbocycles. The molecule has 0 N–H and O–H groups in total. The van der Waals surface area contributed by atoms with Crippen LogP contribution in [0.3, 0.4) is 0 Å². The van der Waals surface area contributed by atoms with Crippen molar-refractivity contribution in [1.82, 2.24) is 19.3 Å². The lowest BCUT2D eigenvalue weighted by Crippen LogP contribution is -2.03. The Kier molecular flexibility index (Phi) is 7.66. The number of benzene rings is 4. The summed E-state index contributed by atoms with van der Waals surface area (Å²) < 4.78 is 22.4. The van der Waals surface area contributed by atoms with Crippen LogP contribution in [-0.4, -0.2) is 33.6 Å². The van der Waals surface area contributed by atoms with Crippen molar-refractivity contribution in [2.24, 2.45) is 0 Å². The Morgan fingerprint density at radius 1 is 0.674 bits per heavy atom. The van der Waals surface area contributed by atoms with E-state index in [1.807, 2.05) is 59.4 Å². The maximum atomic E-state index is 6.54. The van der Waals surface area contributed by atoms with Gasteiger partial charge in [-0.1, -0.05) is 44.2 Å². The molecule has 0 saturated carbocycles. The highest BCUT2D eigenvalue weighted by atomic mass is 16.5. The normalized spacial score (nSPS) is 11.3. The minimum atomic E-state index is 0.722. The van der Waals surface area contributed by atoms with Crippen LogP contribution in [0.25, 0.3) is 44.4 Å². The van der Waals surface area contributed by atoms with Gasteiger partial charge in [-0.05, 0) is 79.9 Å². The van der Waals surface area contributed by atoms with Crippen molar-refractivity contribution >= 4 is 21.8 Å². The zero-order chi connectivity index (χ0) is 31.8. The highest BCUT2D eigenvalue weighted by Gasteiger charge is 2.24. The zero-order valence-electron chi connectivity index (χ0n) is 26.7. The molecule has 3 heterocycles. The molecule has 0 aliphatic rings. The molecule has 0 spiro atoms. The van der Waals surface area contributed by atoms with Gasteiger partial charge in [0.2, 0.25) is 0 Å². The second-order valence-corrected chi connectivity index (χ2v) is 11.2. The Morgan fingerprint density at radius 3 is 2.15 bits per heavy atom. The van der Waals surface area contributed by atoms with Crippen molar-refractivity contribution in [3.63, 3.8) is 0 Å². The molecule has 7 aromatic rings. The Labute approximate surface area is 268 Å². The molecule has 0 radical (unpaired) electrons. The van der Waals surface area contributed by atoms with Crippen LogP contribution >= 0.6 is 0 Å². The van der Waals surface area contributed by atoms with Gasteiger partial charge in [0.05, 0.1) is 47.9 Å². The summed E-state index contributed by atoms with van der Waals surface area (Å²) in [6, 6.07) is 32.8. The summed E-state index contributed by atoms with van der Waals surface area (Å²) in [5.74, 6) is 3.86. The Bertz CT molecular complexity index is 2190. The van der Waals surface area contributed by atoms with Crippen molar-refractivity contribution in [2.75, 3.05) is 14.2 Å². The van der Waals surface area contributed by atoms with E-state index in [-0.39, 0.29) is 0 Å². The number of rotatable bonds is 9. The smallest absolute Gasteiger partial charge is 0.137 e.